The monoisotopic (exact) mass is 675 g/mol. The van der Waals surface area contributed by atoms with Crippen molar-refractivity contribution in [2.75, 3.05) is 13.1 Å². The van der Waals surface area contributed by atoms with Gasteiger partial charge < -0.3 is 37.1 Å². The molecule has 0 aliphatic heterocycles. The summed E-state index contributed by atoms with van der Waals surface area (Å²) < 4.78 is 0.569. The molecule has 0 aromatic carbocycles. The standard InChI is InChI=1S/C35H61N7O6/c1-10-13-28(40-35(47)30(24(8)11-2)41-32(44)26-16-18-42(48)19-17-26)34(46)38-27(20-23(6)7)21-37-25(9)31(43)39-29(15-14-22(4)5)33(45)36-12-3/h16-19,22-25,27-30,37H,10-15,20-21H2,1-9H3,(H,36,45)(H,38,46)(H,39,43)(H,40,47)(H,41,44)/t24-,25-,27-,28-,29-,30-/m0/s1. The Bertz CT molecular complexity index is 1160. The van der Waals surface area contributed by atoms with Crippen LogP contribution in [0.4, 0.5) is 0 Å². The summed E-state index contributed by atoms with van der Waals surface area (Å²) in [6.45, 7) is 18.2. The maximum Gasteiger partial charge on any atom is 0.252 e. The van der Waals surface area contributed by atoms with E-state index in [0.717, 1.165) is 6.42 Å². The lowest BCUT2D eigenvalue weighted by Crippen LogP contribution is -2.58. The molecule has 1 aromatic rings. The third-order valence-electron chi connectivity index (χ3n) is 8.24. The summed E-state index contributed by atoms with van der Waals surface area (Å²) in [5.41, 5.74) is 0.244. The fourth-order valence-electron chi connectivity index (χ4n) is 5.15. The number of likely N-dealkylation sites (N-methyl/N-ethyl adjacent to an activating group) is 1. The molecule has 13 nitrogen and oxygen atoms in total. The van der Waals surface area contributed by atoms with Gasteiger partial charge in [-0.15, -0.1) is 0 Å². The van der Waals surface area contributed by atoms with Gasteiger partial charge in [-0.3, -0.25) is 24.0 Å². The van der Waals surface area contributed by atoms with Gasteiger partial charge in [0.15, 0.2) is 12.4 Å². The van der Waals surface area contributed by atoms with Gasteiger partial charge in [-0.2, -0.15) is 4.73 Å². The molecule has 272 valence electrons. The molecule has 5 amide bonds. The topological polar surface area (TPSA) is 184 Å². The number of hydrogen-bond acceptors (Lipinski definition) is 7. The van der Waals surface area contributed by atoms with E-state index >= 15 is 0 Å². The molecule has 0 spiro atoms. The lowest BCUT2D eigenvalue weighted by molar-refractivity contribution is -0.605. The summed E-state index contributed by atoms with van der Waals surface area (Å²) in [7, 11) is 0. The molecule has 0 unspecified atom stereocenters. The van der Waals surface area contributed by atoms with Gasteiger partial charge in [-0.25, -0.2) is 0 Å². The first-order valence-electron chi connectivity index (χ1n) is 17.5. The average molecular weight is 676 g/mol. The molecule has 0 saturated heterocycles. The minimum atomic E-state index is -0.898. The summed E-state index contributed by atoms with van der Waals surface area (Å²) in [4.78, 5) is 65.7. The number of nitrogens with one attached hydrogen (secondary N) is 6. The zero-order valence-corrected chi connectivity index (χ0v) is 30.5. The number of pyridine rings is 1. The van der Waals surface area contributed by atoms with E-state index in [1.54, 1.807) is 6.92 Å². The Hall–Kier alpha value is -3.74. The van der Waals surface area contributed by atoms with Crippen molar-refractivity contribution in [2.45, 2.75) is 131 Å². The third-order valence-corrected chi connectivity index (χ3v) is 8.24. The minimum Gasteiger partial charge on any atom is -0.619 e. The Kier molecular flexibility index (Phi) is 19.4. The number of hydrogen-bond donors (Lipinski definition) is 6. The van der Waals surface area contributed by atoms with Gasteiger partial charge in [0.2, 0.25) is 23.6 Å². The summed E-state index contributed by atoms with van der Waals surface area (Å²) in [6.07, 6.45) is 6.00. The van der Waals surface area contributed by atoms with Crippen LogP contribution in [-0.4, -0.2) is 72.8 Å². The van der Waals surface area contributed by atoms with E-state index in [9.17, 15) is 29.2 Å². The maximum absolute atomic E-state index is 13.6. The highest BCUT2D eigenvalue weighted by Gasteiger charge is 2.31. The second-order valence-electron chi connectivity index (χ2n) is 13.5. The number of carbonyl (C=O) groups excluding carboxylic acids is 5. The lowest BCUT2D eigenvalue weighted by atomic mass is 9.97. The van der Waals surface area contributed by atoms with Crippen LogP contribution in [-0.2, 0) is 19.2 Å². The van der Waals surface area contributed by atoms with Crippen LogP contribution in [0, 0.1) is 23.0 Å². The van der Waals surface area contributed by atoms with Crippen LogP contribution in [0.15, 0.2) is 24.5 Å². The molecule has 1 aromatic heterocycles. The van der Waals surface area contributed by atoms with Crippen molar-refractivity contribution in [3.63, 3.8) is 0 Å². The maximum atomic E-state index is 13.6. The molecular weight excluding hydrogens is 614 g/mol. The molecule has 0 saturated carbocycles. The van der Waals surface area contributed by atoms with Crippen LogP contribution in [0.2, 0.25) is 0 Å². The zero-order valence-electron chi connectivity index (χ0n) is 30.5. The normalized spacial score (nSPS) is 15.1. The predicted molar refractivity (Wildman–Crippen MR) is 186 cm³/mol. The molecule has 48 heavy (non-hydrogen) atoms. The smallest absolute Gasteiger partial charge is 0.252 e. The van der Waals surface area contributed by atoms with Gasteiger partial charge >= 0.3 is 0 Å². The zero-order chi connectivity index (χ0) is 36.4. The number of aromatic nitrogens is 1. The van der Waals surface area contributed by atoms with Gasteiger partial charge in [0.25, 0.3) is 5.91 Å². The van der Waals surface area contributed by atoms with Crippen LogP contribution in [0.1, 0.15) is 111 Å². The van der Waals surface area contributed by atoms with E-state index in [4.69, 9.17) is 0 Å². The second kappa shape index (κ2) is 22.0. The van der Waals surface area contributed by atoms with Crippen molar-refractivity contribution in [3.8, 4) is 0 Å². The highest BCUT2D eigenvalue weighted by Crippen LogP contribution is 2.12. The highest BCUT2D eigenvalue weighted by atomic mass is 16.5. The quantitative estimate of drug-likeness (QED) is 0.0805. The molecule has 0 fully saturated rings. The van der Waals surface area contributed by atoms with E-state index in [-0.39, 0.29) is 41.2 Å². The summed E-state index contributed by atoms with van der Waals surface area (Å²) in [6, 6.07) is -0.568. The number of nitrogens with zero attached hydrogens (tertiary/aromatic N) is 1. The van der Waals surface area contributed by atoms with E-state index in [0.29, 0.717) is 55.8 Å². The predicted octanol–water partition coefficient (Wildman–Crippen LogP) is 2.32. The molecule has 6 N–H and O–H groups in total. The van der Waals surface area contributed by atoms with Crippen molar-refractivity contribution >= 4 is 29.5 Å². The van der Waals surface area contributed by atoms with Crippen molar-refractivity contribution in [1.82, 2.24) is 31.9 Å². The van der Waals surface area contributed by atoms with Crippen molar-refractivity contribution in [1.29, 1.82) is 0 Å². The van der Waals surface area contributed by atoms with Crippen molar-refractivity contribution in [2.24, 2.45) is 17.8 Å². The molecule has 1 heterocycles. The number of carbonyl (C=O) groups is 5. The summed E-state index contributed by atoms with van der Waals surface area (Å²) >= 11 is 0. The molecule has 0 aliphatic carbocycles. The van der Waals surface area contributed by atoms with Gasteiger partial charge in [0, 0.05) is 31.3 Å². The fourth-order valence-corrected chi connectivity index (χ4v) is 5.15. The van der Waals surface area contributed by atoms with Crippen LogP contribution in [0.25, 0.3) is 0 Å². The summed E-state index contributed by atoms with van der Waals surface area (Å²) in [5.74, 6) is -1.43. The molecule has 0 bridgehead atoms. The fraction of sp³-hybridized carbons (Fsp3) is 0.714. The lowest BCUT2D eigenvalue weighted by Gasteiger charge is -2.29. The van der Waals surface area contributed by atoms with Crippen LogP contribution < -0.4 is 36.6 Å². The van der Waals surface area contributed by atoms with Gasteiger partial charge in [-0.1, -0.05) is 61.3 Å². The largest absolute Gasteiger partial charge is 0.619 e. The van der Waals surface area contributed by atoms with E-state index in [2.05, 4.69) is 45.7 Å². The van der Waals surface area contributed by atoms with Crippen molar-refractivity contribution < 1.29 is 28.7 Å². The Balaban J connectivity index is 2.97. The highest BCUT2D eigenvalue weighted by molar-refractivity contribution is 5.98. The van der Waals surface area contributed by atoms with Crippen LogP contribution in [0.3, 0.4) is 0 Å². The van der Waals surface area contributed by atoms with Gasteiger partial charge in [0.05, 0.1) is 11.6 Å². The first-order chi connectivity index (χ1) is 22.6. The third kappa shape index (κ3) is 15.4. The van der Waals surface area contributed by atoms with E-state index in [1.165, 1.54) is 24.5 Å². The first kappa shape index (κ1) is 42.3. The van der Waals surface area contributed by atoms with Crippen molar-refractivity contribution in [3.05, 3.63) is 35.3 Å². The van der Waals surface area contributed by atoms with Crippen LogP contribution >= 0.6 is 0 Å². The molecule has 6 atom stereocenters. The molecule has 13 heteroatoms. The van der Waals surface area contributed by atoms with Crippen LogP contribution in [0.5, 0.6) is 0 Å². The minimum absolute atomic E-state index is 0.209. The summed E-state index contributed by atoms with van der Waals surface area (Å²) in [5, 5.41) is 29.0. The second-order valence-corrected chi connectivity index (χ2v) is 13.5. The average Bonchev–Trinajstić information content (AvgIpc) is 3.03. The molecule has 0 radical (unpaired) electrons. The Morgan fingerprint density at radius 3 is 1.88 bits per heavy atom. The Labute approximate surface area is 287 Å². The Morgan fingerprint density at radius 1 is 0.729 bits per heavy atom. The van der Waals surface area contributed by atoms with Gasteiger partial charge in [-0.05, 0) is 57.3 Å². The van der Waals surface area contributed by atoms with Gasteiger partial charge in [0.1, 0.15) is 18.1 Å². The Morgan fingerprint density at radius 2 is 1.33 bits per heavy atom. The molecule has 1 rings (SSSR count). The molecular formula is C35H61N7O6. The molecule has 0 aliphatic rings. The SMILES string of the molecule is CCC[C@H](NC(=O)[C@@H](NC(=O)c1cc[n+]([O-])cc1)[C@@H](C)CC)C(=O)N[C@H](CN[C@@H](C)C(=O)N[C@@H](CCC(C)C)C(=O)NCC)CC(C)C. The number of amides is 5. The first-order valence-corrected chi connectivity index (χ1v) is 17.5. The van der Waals surface area contributed by atoms with E-state index in [1.807, 2.05) is 41.5 Å². The van der Waals surface area contributed by atoms with E-state index < -0.39 is 36.0 Å². The number of rotatable bonds is 22.